The first kappa shape index (κ1) is 15.4. The van der Waals surface area contributed by atoms with Gasteiger partial charge in [0.25, 0.3) is 0 Å². The summed E-state index contributed by atoms with van der Waals surface area (Å²) < 4.78 is 24.9. The summed E-state index contributed by atoms with van der Waals surface area (Å²) in [6.45, 7) is 1.17. The second-order valence-corrected chi connectivity index (χ2v) is 5.93. The van der Waals surface area contributed by atoms with Crippen molar-refractivity contribution < 1.29 is 18.7 Å². The number of hydrogen-bond donors (Lipinski definition) is 0. The fourth-order valence-electron chi connectivity index (χ4n) is 3.56. The summed E-state index contributed by atoms with van der Waals surface area (Å²) in [6.07, 6.45) is 2.66. The van der Waals surface area contributed by atoms with Crippen LogP contribution in [0.15, 0.2) is 24.3 Å². The molecule has 0 aromatic heterocycles. The molecule has 120 valence electrons. The van der Waals surface area contributed by atoms with Crippen molar-refractivity contribution in [2.75, 3.05) is 20.3 Å². The first-order chi connectivity index (χ1) is 10.7. The highest BCUT2D eigenvalue weighted by Crippen LogP contribution is 2.32. The Kier molecular flexibility index (Phi) is 4.74. The van der Waals surface area contributed by atoms with E-state index in [0.717, 1.165) is 12.8 Å². The van der Waals surface area contributed by atoms with E-state index in [1.54, 1.807) is 25.3 Å². The van der Waals surface area contributed by atoms with Gasteiger partial charge in [-0.2, -0.15) is 0 Å². The van der Waals surface area contributed by atoms with E-state index < -0.39 is 0 Å². The van der Waals surface area contributed by atoms with Crippen LogP contribution in [0.2, 0.25) is 0 Å². The van der Waals surface area contributed by atoms with Crippen molar-refractivity contribution in [1.29, 1.82) is 0 Å². The molecule has 0 unspecified atom stereocenters. The van der Waals surface area contributed by atoms with Gasteiger partial charge in [-0.3, -0.25) is 4.79 Å². The van der Waals surface area contributed by atoms with Gasteiger partial charge in [0.1, 0.15) is 11.9 Å². The SMILES string of the molecule is CO[C@@H]1CC[C@H]2[C@H]1OCCN2C(=O)CCc1ccccc1F. The molecule has 1 heterocycles. The van der Waals surface area contributed by atoms with E-state index in [1.807, 2.05) is 4.90 Å². The molecule has 1 aromatic rings. The van der Waals surface area contributed by atoms with Crippen LogP contribution in [0.3, 0.4) is 0 Å². The molecular weight excluding hydrogens is 285 g/mol. The Hall–Kier alpha value is -1.46. The van der Waals surface area contributed by atoms with Crippen molar-refractivity contribution in [2.24, 2.45) is 0 Å². The number of ether oxygens (including phenoxy) is 2. The van der Waals surface area contributed by atoms with Crippen LogP contribution in [0.1, 0.15) is 24.8 Å². The minimum absolute atomic E-state index is 0.0174. The summed E-state index contributed by atoms with van der Waals surface area (Å²) >= 11 is 0. The zero-order valence-electron chi connectivity index (χ0n) is 12.8. The lowest BCUT2D eigenvalue weighted by Crippen LogP contribution is -2.53. The largest absolute Gasteiger partial charge is 0.379 e. The number of halogens is 1. The number of amides is 1. The molecule has 0 bridgehead atoms. The van der Waals surface area contributed by atoms with Gasteiger partial charge in [-0.15, -0.1) is 0 Å². The van der Waals surface area contributed by atoms with Gasteiger partial charge in [-0.25, -0.2) is 4.39 Å². The van der Waals surface area contributed by atoms with Crippen LogP contribution in [-0.2, 0) is 20.7 Å². The highest BCUT2D eigenvalue weighted by molar-refractivity contribution is 5.77. The first-order valence-electron chi connectivity index (χ1n) is 7.88. The molecule has 1 aliphatic heterocycles. The molecule has 2 aliphatic rings. The Morgan fingerprint density at radius 3 is 3.00 bits per heavy atom. The lowest BCUT2D eigenvalue weighted by molar-refractivity contribution is -0.149. The quantitative estimate of drug-likeness (QED) is 0.856. The molecule has 5 heteroatoms. The Morgan fingerprint density at radius 2 is 2.23 bits per heavy atom. The third-order valence-electron chi connectivity index (χ3n) is 4.72. The number of benzene rings is 1. The number of aryl methyl sites for hydroxylation is 1. The lowest BCUT2D eigenvalue weighted by atomic mass is 10.1. The van der Waals surface area contributed by atoms with Crippen LogP contribution < -0.4 is 0 Å². The number of methoxy groups -OCH3 is 1. The Bertz CT molecular complexity index is 536. The molecule has 0 N–H and O–H groups in total. The summed E-state index contributed by atoms with van der Waals surface area (Å²) in [5.41, 5.74) is 0.599. The molecule has 3 rings (SSSR count). The van der Waals surface area contributed by atoms with Gasteiger partial charge in [0.15, 0.2) is 0 Å². The standard InChI is InChI=1S/C17H22FNO3/c1-21-15-8-7-14-17(15)22-11-10-19(14)16(20)9-6-12-4-2-3-5-13(12)18/h2-5,14-15,17H,6-11H2,1H3/t14-,15+,17+/m0/s1. The molecule has 22 heavy (non-hydrogen) atoms. The van der Waals surface area contributed by atoms with E-state index in [1.165, 1.54) is 6.07 Å². The van der Waals surface area contributed by atoms with Crippen molar-refractivity contribution in [3.8, 4) is 0 Å². The smallest absolute Gasteiger partial charge is 0.223 e. The van der Waals surface area contributed by atoms with E-state index in [0.29, 0.717) is 31.6 Å². The van der Waals surface area contributed by atoms with Crippen molar-refractivity contribution in [2.45, 2.75) is 43.9 Å². The van der Waals surface area contributed by atoms with Gasteiger partial charge in [-0.1, -0.05) is 18.2 Å². The predicted molar refractivity (Wildman–Crippen MR) is 80.0 cm³/mol. The number of morpholine rings is 1. The van der Waals surface area contributed by atoms with E-state index in [9.17, 15) is 9.18 Å². The van der Waals surface area contributed by atoms with Gasteiger partial charge in [0, 0.05) is 20.1 Å². The van der Waals surface area contributed by atoms with Crippen molar-refractivity contribution in [3.05, 3.63) is 35.6 Å². The molecule has 3 atom stereocenters. The van der Waals surface area contributed by atoms with Crippen LogP contribution in [-0.4, -0.2) is 49.3 Å². The highest BCUT2D eigenvalue weighted by atomic mass is 19.1. The molecule has 1 aliphatic carbocycles. The highest BCUT2D eigenvalue weighted by Gasteiger charge is 2.44. The summed E-state index contributed by atoms with van der Waals surface area (Å²) in [5.74, 6) is -0.159. The van der Waals surface area contributed by atoms with E-state index >= 15 is 0 Å². The van der Waals surface area contributed by atoms with E-state index in [-0.39, 0.29) is 30.0 Å². The lowest BCUT2D eigenvalue weighted by Gasteiger charge is -2.39. The molecular formula is C17H22FNO3. The molecule has 1 amide bonds. The summed E-state index contributed by atoms with van der Waals surface area (Å²) in [5, 5.41) is 0. The summed E-state index contributed by atoms with van der Waals surface area (Å²) in [6, 6.07) is 6.74. The normalized spacial score (nSPS) is 27.7. The second-order valence-electron chi connectivity index (χ2n) is 5.93. The van der Waals surface area contributed by atoms with Crippen LogP contribution >= 0.6 is 0 Å². The number of fused-ring (bicyclic) bond motifs is 1. The molecule has 2 fully saturated rings. The number of nitrogens with zero attached hydrogens (tertiary/aromatic N) is 1. The Morgan fingerprint density at radius 1 is 1.41 bits per heavy atom. The van der Waals surface area contributed by atoms with Crippen molar-refractivity contribution in [3.63, 3.8) is 0 Å². The average molecular weight is 307 g/mol. The van der Waals surface area contributed by atoms with Gasteiger partial charge in [-0.05, 0) is 30.9 Å². The Balaban J connectivity index is 1.61. The van der Waals surface area contributed by atoms with Crippen molar-refractivity contribution in [1.82, 2.24) is 4.90 Å². The number of rotatable bonds is 4. The molecule has 1 saturated carbocycles. The third-order valence-corrected chi connectivity index (χ3v) is 4.72. The van der Waals surface area contributed by atoms with Gasteiger partial charge < -0.3 is 14.4 Å². The molecule has 0 spiro atoms. The maximum Gasteiger partial charge on any atom is 0.223 e. The minimum Gasteiger partial charge on any atom is -0.379 e. The summed E-state index contributed by atoms with van der Waals surface area (Å²) in [4.78, 5) is 14.4. The number of hydrogen-bond acceptors (Lipinski definition) is 3. The van der Waals surface area contributed by atoms with Gasteiger partial charge >= 0.3 is 0 Å². The van der Waals surface area contributed by atoms with Gasteiger partial charge in [0.05, 0.1) is 18.8 Å². The molecule has 1 saturated heterocycles. The number of carbonyl (C=O) groups is 1. The van der Waals surface area contributed by atoms with Crippen LogP contribution in [0, 0.1) is 5.82 Å². The average Bonchev–Trinajstić information content (AvgIpc) is 2.97. The summed E-state index contributed by atoms with van der Waals surface area (Å²) in [7, 11) is 1.69. The van der Waals surface area contributed by atoms with Crippen molar-refractivity contribution >= 4 is 5.91 Å². The fraction of sp³-hybridized carbons (Fsp3) is 0.588. The Labute approximate surface area is 130 Å². The van der Waals surface area contributed by atoms with Crippen LogP contribution in [0.5, 0.6) is 0 Å². The minimum atomic E-state index is -0.240. The topological polar surface area (TPSA) is 38.8 Å². The molecule has 0 radical (unpaired) electrons. The fourth-order valence-corrected chi connectivity index (χ4v) is 3.56. The zero-order valence-corrected chi connectivity index (χ0v) is 12.8. The maximum atomic E-state index is 13.6. The van der Waals surface area contributed by atoms with Gasteiger partial charge in [0.2, 0.25) is 5.91 Å². The first-order valence-corrected chi connectivity index (χ1v) is 7.88. The zero-order chi connectivity index (χ0) is 15.5. The second kappa shape index (κ2) is 6.75. The monoisotopic (exact) mass is 307 g/mol. The van der Waals surface area contributed by atoms with Crippen LogP contribution in [0.25, 0.3) is 0 Å². The number of carbonyl (C=O) groups excluding carboxylic acids is 1. The maximum absolute atomic E-state index is 13.6. The molecule has 4 nitrogen and oxygen atoms in total. The molecule has 1 aromatic carbocycles. The third kappa shape index (κ3) is 3.01. The van der Waals surface area contributed by atoms with E-state index in [4.69, 9.17) is 9.47 Å². The van der Waals surface area contributed by atoms with Crippen LogP contribution in [0.4, 0.5) is 4.39 Å². The predicted octanol–water partition coefficient (Wildman–Crippen LogP) is 2.16. The van der Waals surface area contributed by atoms with E-state index in [2.05, 4.69) is 0 Å².